The van der Waals surface area contributed by atoms with Crippen LogP contribution in [0.25, 0.3) is 0 Å². The number of aromatic amines is 1. The molecule has 0 aromatic carbocycles. The second kappa shape index (κ2) is 7.70. The third kappa shape index (κ3) is 3.64. The fourth-order valence-electron chi connectivity index (χ4n) is 2.73. The first-order valence-corrected chi connectivity index (χ1v) is 7.78. The van der Waals surface area contributed by atoms with Crippen molar-refractivity contribution in [2.75, 3.05) is 14.2 Å². The summed E-state index contributed by atoms with van der Waals surface area (Å²) in [6.07, 6.45) is 1.15. The van der Waals surface area contributed by atoms with Gasteiger partial charge in [0.05, 0.1) is 37.6 Å². The van der Waals surface area contributed by atoms with Crippen molar-refractivity contribution in [3.05, 3.63) is 56.3 Å². The number of carbonyl (C=O) groups excluding carboxylic acids is 3. The molecule has 27 heavy (non-hydrogen) atoms. The van der Waals surface area contributed by atoms with Gasteiger partial charge in [0.2, 0.25) is 0 Å². The van der Waals surface area contributed by atoms with Crippen molar-refractivity contribution in [1.29, 1.82) is 5.26 Å². The smallest absolute Gasteiger partial charge is 0.339 e. The lowest BCUT2D eigenvalue weighted by atomic mass is 10.1. The fourth-order valence-corrected chi connectivity index (χ4v) is 2.73. The number of rotatable bonds is 5. The number of H-pyrrole nitrogens is 1. The van der Waals surface area contributed by atoms with Crippen LogP contribution in [0.15, 0.2) is 17.1 Å². The molecule has 140 valence electrons. The zero-order valence-electron chi connectivity index (χ0n) is 15.2. The van der Waals surface area contributed by atoms with Crippen LogP contribution in [0.1, 0.15) is 48.0 Å². The minimum absolute atomic E-state index is 0.0314. The lowest BCUT2D eigenvalue weighted by Gasteiger charge is -2.08. The summed E-state index contributed by atoms with van der Waals surface area (Å²) in [5, 5.41) is 9.09. The highest BCUT2D eigenvalue weighted by molar-refractivity contribution is 6.01. The molecule has 9 nitrogen and oxygen atoms in total. The van der Waals surface area contributed by atoms with Crippen LogP contribution in [0.2, 0.25) is 0 Å². The fraction of sp³-hybridized carbons (Fsp3) is 0.278. The van der Waals surface area contributed by atoms with E-state index in [1.807, 2.05) is 0 Å². The Kier molecular flexibility index (Phi) is 5.60. The van der Waals surface area contributed by atoms with E-state index in [1.54, 1.807) is 19.9 Å². The molecule has 2 aromatic heterocycles. The van der Waals surface area contributed by atoms with Gasteiger partial charge >= 0.3 is 11.9 Å². The summed E-state index contributed by atoms with van der Waals surface area (Å²) < 4.78 is 10.3. The molecule has 0 aliphatic heterocycles. The van der Waals surface area contributed by atoms with E-state index in [4.69, 9.17) is 10.00 Å². The minimum atomic E-state index is -0.743. The number of esters is 2. The van der Waals surface area contributed by atoms with E-state index >= 15 is 0 Å². The Morgan fingerprint density at radius 3 is 2.37 bits per heavy atom. The molecule has 2 aromatic rings. The Balaban J connectivity index is 2.48. The third-order valence-electron chi connectivity index (χ3n) is 4.05. The number of nitriles is 1. The van der Waals surface area contributed by atoms with E-state index in [9.17, 15) is 19.2 Å². The van der Waals surface area contributed by atoms with Crippen molar-refractivity contribution in [2.24, 2.45) is 0 Å². The molecule has 0 unspecified atom stereocenters. The number of carbonyl (C=O) groups is 3. The molecule has 0 aliphatic rings. The lowest BCUT2D eigenvalue weighted by Crippen LogP contribution is -2.27. The van der Waals surface area contributed by atoms with E-state index in [0.717, 1.165) is 23.9 Å². The second-order valence-electron chi connectivity index (χ2n) is 5.72. The van der Waals surface area contributed by atoms with Crippen LogP contribution in [0.3, 0.4) is 0 Å². The average molecular weight is 371 g/mol. The first-order valence-electron chi connectivity index (χ1n) is 7.78. The second-order valence-corrected chi connectivity index (χ2v) is 5.72. The van der Waals surface area contributed by atoms with Gasteiger partial charge in [0.1, 0.15) is 11.6 Å². The number of Topliss-reactive ketones (excluding diaryl/α,β-unsaturated/α-hetero) is 1. The maximum absolute atomic E-state index is 12.7. The van der Waals surface area contributed by atoms with Crippen molar-refractivity contribution < 1.29 is 23.9 Å². The Morgan fingerprint density at radius 2 is 1.81 bits per heavy atom. The van der Waals surface area contributed by atoms with E-state index in [2.05, 4.69) is 9.72 Å². The molecule has 0 spiro atoms. The highest BCUT2D eigenvalue weighted by Crippen LogP contribution is 2.19. The third-order valence-corrected chi connectivity index (χ3v) is 4.05. The highest BCUT2D eigenvalue weighted by Gasteiger charge is 2.23. The van der Waals surface area contributed by atoms with Gasteiger partial charge in [-0.25, -0.2) is 9.59 Å². The molecular weight excluding hydrogens is 354 g/mol. The number of pyridine rings is 1. The summed E-state index contributed by atoms with van der Waals surface area (Å²) in [5.74, 6) is -1.83. The summed E-state index contributed by atoms with van der Waals surface area (Å²) in [6.45, 7) is 2.77. The molecule has 0 saturated carbocycles. The van der Waals surface area contributed by atoms with Crippen LogP contribution in [0.4, 0.5) is 0 Å². The van der Waals surface area contributed by atoms with E-state index in [0.29, 0.717) is 11.3 Å². The zero-order valence-corrected chi connectivity index (χ0v) is 15.2. The zero-order chi connectivity index (χ0) is 20.3. The molecule has 2 rings (SSSR count). The minimum Gasteiger partial charge on any atom is -0.465 e. The lowest BCUT2D eigenvalue weighted by molar-refractivity contribution is 0.0590. The Hall–Kier alpha value is -3.67. The Bertz CT molecular complexity index is 1040. The summed E-state index contributed by atoms with van der Waals surface area (Å²) >= 11 is 0. The number of methoxy groups -OCH3 is 2. The average Bonchev–Trinajstić information content (AvgIpc) is 2.96. The molecule has 9 heteroatoms. The van der Waals surface area contributed by atoms with Crippen LogP contribution in [0.5, 0.6) is 0 Å². The molecule has 0 saturated heterocycles. The number of nitrogens with zero attached hydrogens (tertiary/aromatic N) is 2. The number of hydrogen-bond donors (Lipinski definition) is 1. The maximum Gasteiger partial charge on any atom is 0.339 e. The normalized spacial score (nSPS) is 10.2. The number of aromatic nitrogens is 2. The predicted octanol–water partition coefficient (Wildman–Crippen LogP) is 1.12. The van der Waals surface area contributed by atoms with Gasteiger partial charge in [0.15, 0.2) is 5.78 Å². The summed E-state index contributed by atoms with van der Waals surface area (Å²) in [4.78, 5) is 51.4. The quantitative estimate of drug-likeness (QED) is 0.615. The predicted molar refractivity (Wildman–Crippen MR) is 92.7 cm³/mol. The SMILES string of the molecule is COC(=O)c1cc(C#N)c(=O)n(CC(=O)c2[nH]c(C)c(C(=O)OC)c2C)c1. The number of hydrogen-bond acceptors (Lipinski definition) is 7. The summed E-state index contributed by atoms with van der Waals surface area (Å²) in [7, 11) is 2.39. The molecule has 0 aliphatic carbocycles. The largest absolute Gasteiger partial charge is 0.465 e. The van der Waals surface area contributed by atoms with Gasteiger partial charge < -0.3 is 19.0 Å². The number of aryl methyl sites for hydroxylation is 1. The van der Waals surface area contributed by atoms with Gasteiger partial charge in [-0.2, -0.15) is 5.26 Å². The molecular formula is C18H17N3O6. The molecule has 0 atom stereocenters. The van der Waals surface area contributed by atoms with Gasteiger partial charge in [-0.3, -0.25) is 9.59 Å². The van der Waals surface area contributed by atoms with Crippen molar-refractivity contribution in [3.8, 4) is 6.07 Å². The molecule has 2 heterocycles. The molecule has 1 N–H and O–H groups in total. The number of ether oxygens (including phenoxy) is 2. The van der Waals surface area contributed by atoms with Crippen molar-refractivity contribution in [3.63, 3.8) is 0 Å². The first kappa shape index (κ1) is 19.7. The van der Waals surface area contributed by atoms with Gasteiger partial charge in [-0.1, -0.05) is 0 Å². The van der Waals surface area contributed by atoms with Crippen LogP contribution in [-0.4, -0.2) is 41.5 Å². The van der Waals surface area contributed by atoms with Crippen molar-refractivity contribution in [2.45, 2.75) is 20.4 Å². The van der Waals surface area contributed by atoms with Crippen LogP contribution in [0, 0.1) is 25.2 Å². The van der Waals surface area contributed by atoms with Gasteiger partial charge in [-0.15, -0.1) is 0 Å². The van der Waals surface area contributed by atoms with E-state index in [-0.39, 0.29) is 22.4 Å². The maximum atomic E-state index is 12.7. The standard InChI is InChI=1S/C18H17N3O6/c1-9-14(18(25)27-4)10(2)20-15(9)13(22)8-21-7-12(17(24)26-3)5-11(6-19)16(21)23/h5,7,20H,8H2,1-4H3. The van der Waals surface area contributed by atoms with E-state index in [1.165, 1.54) is 7.11 Å². The summed E-state index contributed by atoms with van der Waals surface area (Å²) in [5.41, 5.74) is 0.193. The van der Waals surface area contributed by atoms with Crippen molar-refractivity contribution in [1.82, 2.24) is 9.55 Å². The van der Waals surface area contributed by atoms with Crippen LogP contribution in [-0.2, 0) is 16.0 Å². The molecule has 0 radical (unpaired) electrons. The first-order chi connectivity index (χ1) is 12.7. The molecule has 0 amide bonds. The van der Waals surface area contributed by atoms with E-state index < -0.39 is 29.8 Å². The van der Waals surface area contributed by atoms with Gasteiger partial charge in [-0.05, 0) is 25.5 Å². The Labute approximate surface area is 154 Å². The van der Waals surface area contributed by atoms with Gasteiger partial charge in [0.25, 0.3) is 5.56 Å². The van der Waals surface area contributed by atoms with Gasteiger partial charge in [0, 0.05) is 11.9 Å². The topological polar surface area (TPSA) is 131 Å². The Morgan fingerprint density at radius 1 is 1.19 bits per heavy atom. The van der Waals surface area contributed by atoms with Crippen LogP contribution < -0.4 is 5.56 Å². The number of nitrogens with one attached hydrogen (secondary N) is 1. The van der Waals surface area contributed by atoms with Crippen LogP contribution >= 0.6 is 0 Å². The molecule has 0 fully saturated rings. The summed E-state index contributed by atoms with van der Waals surface area (Å²) in [6, 6.07) is 2.80. The highest BCUT2D eigenvalue weighted by atomic mass is 16.5. The molecule has 0 bridgehead atoms. The number of ketones is 1. The van der Waals surface area contributed by atoms with Crippen molar-refractivity contribution >= 4 is 17.7 Å². The monoisotopic (exact) mass is 371 g/mol.